The maximum Gasteiger partial charge on any atom is 0.140 e. The van der Waals surface area contributed by atoms with E-state index in [0.717, 1.165) is 42.0 Å². The minimum Gasteiger partial charge on any atom is -0.370 e. The lowest BCUT2D eigenvalue weighted by molar-refractivity contribution is 0.516. The third kappa shape index (κ3) is 4.97. The van der Waals surface area contributed by atoms with Crippen LogP contribution in [0.15, 0.2) is 6.07 Å². The molecule has 1 N–H and O–H groups in total. The highest BCUT2D eigenvalue weighted by Crippen LogP contribution is 2.30. The van der Waals surface area contributed by atoms with E-state index in [2.05, 4.69) is 42.0 Å². The van der Waals surface area contributed by atoms with Crippen LogP contribution < -0.4 is 5.32 Å². The second-order valence-electron chi connectivity index (χ2n) is 5.51. The first kappa shape index (κ1) is 15.6. The molecule has 0 aliphatic heterocycles. The third-order valence-electron chi connectivity index (χ3n) is 3.69. The summed E-state index contributed by atoms with van der Waals surface area (Å²) in [6, 6.07) is 2.10. The van der Waals surface area contributed by atoms with Crippen LogP contribution in [0.4, 0.5) is 5.82 Å². The number of aromatic nitrogens is 2. The molecule has 1 aliphatic rings. The molecule has 1 saturated carbocycles. The maximum absolute atomic E-state index is 4.72. The minimum atomic E-state index is 0.824. The number of hydrogen-bond acceptors (Lipinski definition) is 4. The molecule has 0 aromatic carbocycles. The highest BCUT2D eigenvalue weighted by Gasteiger charge is 2.14. The van der Waals surface area contributed by atoms with E-state index in [9.17, 15) is 0 Å². The average molecular weight is 293 g/mol. The number of nitrogens with zero attached hydrogens (tertiary/aromatic N) is 2. The van der Waals surface area contributed by atoms with Crippen LogP contribution >= 0.6 is 11.8 Å². The molecule has 3 nitrogen and oxygen atoms in total. The van der Waals surface area contributed by atoms with Crippen molar-refractivity contribution in [2.75, 3.05) is 11.9 Å². The van der Waals surface area contributed by atoms with Gasteiger partial charge in [-0.3, -0.25) is 0 Å². The van der Waals surface area contributed by atoms with Gasteiger partial charge in [0.15, 0.2) is 0 Å². The van der Waals surface area contributed by atoms with Gasteiger partial charge < -0.3 is 5.32 Å². The number of aryl methyl sites for hydroxylation is 1. The SMILES string of the molecule is CCCc1cc(NCC)nc(CSC2CCCCC2)n1. The van der Waals surface area contributed by atoms with Gasteiger partial charge in [0, 0.05) is 23.6 Å². The zero-order valence-electron chi connectivity index (χ0n) is 12.8. The van der Waals surface area contributed by atoms with Crippen molar-refractivity contribution in [3.05, 3.63) is 17.6 Å². The summed E-state index contributed by atoms with van der Waals surface area (Å²) in [5.74, 6) is 2.95. The molecular weight excluding hydrogens is 266 g/mol. The highest BCUT2D eigenvalue weighted by molar-refractivity contribution is 7.99. The molecule has 0 atom stereocenters. The van der Waals surface area contributed by atoms with Crippen LogP contribution in [0.3, 0.4) is 0 Å². The van der Waals surface area contributed by atoms with Gasteiger partial charge in [-0.1, -0.05) is 32.6 Å². The predicted molar refractivity (Wildman–Crippen MR) is 88.4 cm³/mol. The van der Waals surface area contributed by atoms with Crippen molar-refractivity contribution in [1.29, 1.82) is 0 Å². The van der Waals surface area contributed by atoms with E-state index in [-0.39, 0.29) is 0 Å². The van der Waals surface area contributed by atoms with Gasteiger partial charge in [-0.15, -0.1) is 0 Å². The monoisotopic (exact) mass is 293 g/mol. The van der Waals surface area contributed by atoms with Gasteiger partial charge in [0.25, 0.3) is 0 Å². The summed E-state index contributed by atoms with van der Waals surface area (Å²) in [6.45, 7) is 5.22. The molecule has 0 spiro atoms. The molecule has 0 amide bonds. The first-order chi connectivity index (χ1) is 9.81. The number of nitrogens with one attached hydrogen (secondary N) is 1. The molecule has 1 aromatic heterocycles. The normalized spacial score (nSPS) is 16.3. The molecule has 112 valence electrons. The van der Waals surface area contributed by atoms with Crippen molar-refractivity contribution >= 4 is 17.6 Å². The van der Waals surface area contributed by atoms with Crippen molar-refractivity contribution in [3.8, 4) is 0 Å². The smallest absolute Gasteiger partial charge is 0.140 e. The largest absolute Gasteiger partial charge is 0.370 e. The Morgan fingerprint density at radius 3 is 2.70 bits per heavy atom. The Hall–Kier alpha value is -0.770. The van der Waals surface area contributed by atoms with Gasteiger partial charge in [0.05, 0.1) is 5.75 Å². The summed E-state index contributed by atoms with van der Waals surface area (Å²) >= 11 is 2.05. The lowest BCUT2D eigenvalue weighted by Gasteiger charge is -2.20. The van der Waals surface area contributed by atoms with Crippen molar-refractivity contribution in [2.45, 2.75) is 69.8 Å². The van der Waals surface area contributed by atoms with Crippen molar-refractivity contribution in [1.82, 2.24) is 9.97 Å². The summed E-state index contributed by atoms with van der Waals surface area (Å²) in [7, 11) is 0. The lowest BCUT2D eigenvalue weighted by Crippen LogP contribution is -2.10. The zero-order valence-corrected chi connectivity index (χ0v) is 13.6. The minimum absolute atomic E-state index is 0.824. The van der Waals surface area contributed by atoms with Gasteiger partial charge >= 0.3 is 0 Å². The molecule has 0 saturated heterocycles. The van der Waals surface area contributed by atoms with E-state index < -0.39 is 0 Å². The van der Waals surface area contributed by atoms with Crippen molar-refractivity contribution in [2.24, 2.45) is 0 Å². The number of hydrogen-bond donors (Lipinski definition) is 1. The number of anilines is 1. The van der Waals surface area contributed by atoms with Gasteiger partial charge in [-0.25, -0.2) is 9.97 Å². The molecule has 1 fully saturated rings. The van der Waals surface area contributed by atoms with E-state index in [0.29, 0.717) is 0 Å². The Kier molecular flexibility index (Phi) is 6.64. The predicted octanol–water partition coefficient (Wildman–Crippen LogP) is 4.43. The van der Waals surface area contributed by atoms with E-state index in [1.807, 2.05) is 0 Å². The Labute approximate surface area is 127 Å². The molecule has 0 bridgehead atoms. The molecule has 2 rings (SSSR count). The van der Waals surface area contributed by atoms with Crippen LogP contribution in [-0.2, 0) is 12.2 Å². The molecule has 1 aromatic rings. The van der Waals surface area contributed by atoms with Gasteiger partial charge in [0.2, 0.25) is 0 Å². The Morgan fingerprint density at radius 2 is 2.00 bits per heavy atom. The van der Waals surface area contributed by atoms with Crippen LogP contribution in [0.2, 0.25) is 0 Å². The molecule has 1 aliphatic carbocycles. The van der Waals surface area contributed by atoms with E-state index in [4.69, 9.17) is 4.98 Å². The summed E-state index contributed by atoms with van der Waals surface area (Å²) in [5.41, 5.74) is 1.18. The second-order valence-corrected chi connectivity index (χ2v) is 6.80. The lowest BCUT2D eigenvalue weighted by atomic mass is 10.0. The molecule has 0 radical (unpaired) electrons. The van der Waals surface area contributed by atoms with Crippen LogP contribution in [0, 0.1) is 0 Å². The standard InChI is InChI=1S/C16H27N3S/c1-3-8-13-11-15(17-4-2)19-16(18-13)12-20-14-9-6-5-7-10-14/h11,14H,3-10,12H2,1-2H3,(H,17,18,19). The fraction of sp³-hybridized carbons (Fsp3) is 0.750. The quantitative estimate of drug-likeness (QED) is 0.807. The van der Waals surface area contributed by atoms with Crippen LogP contribution in [0.1, 0.15) is 63.9 Å². The van der Waals surface area contributed by atoms with Gasteiger partial charge in [-0.05, 0) is 26.2 Å². The van der Waals surface area contributed by atoms with Gasteiger partial charge in [0.1, 0.15) is 11.6 Å². The molecule has 20 heavy (non-hydrogen) atoms. The number of rotatable bonds is 7. The maximum atomic E-state index is 4.72. The second kappa shape index (κ2) is 8.50. The fourth-order valence-electron chi connectivity index (χ4n) is 2.70. The third-order valence-corrected chi connectivity index (χ3v) is 5.06. The van der Waals surface area contributed by atoms with Crippen LogP contribution in [0.5, 0.6) is 0 Å². The zero-order chi connectivity index (χ0) is 14.2. The van der Waals surface area contributed by atoms with Crippen LogP contribution in [0.25, 0.3) is 0 Å². The summed E-state index contributed by atoms with van der Waals surface area (Å²) in [4.78, 5) is 9.36. The molecule has 4 heteroatoms. The number of thioether (sulfide) groups is 1. The van der Waals surface area contributed by atoms with Crippen LogP contribution in [-0.4, -0.2) is 21.8 Å². The Balaban J connectivity index is 1.97. The van der Waals surface area contributed by atoms with Crippen molar-refractivity contribution in [3.63, 3.8) is 0 Å². The summed E-state index contributed by atoms with van der Waals surface area (Å²) < 4.78 is 0. The Bertz CT molecular complexity index is 378. The fourth-order valence-corrected chi connectivity index (χ4v) is 3.88. The van der Waals surface area contributed by atoms with E-state index >= 15 is 0 Å². The first-order valence-corrected chi connectivity index (χ1v) is 9.09. The summed E-state index contributed by atoms with van der Waals surface area (Å²) in [6.07, 6.45) is 9.15. The van der Waals surface area contributed by atoms with Gasteiger partial charge in [-0.2, -0.15) is 11.8 Å². The average Bonchev–Trinajstić information content (AvgIpc) is 2.47. The topological polar surface area (TPSA) is 37.8 Å². The summed E-state index contributed by atoms with van der Waals surface area (Å²) in [5, 5.41) is 4.15. The highest BCUT2D eigenvalue weighted by atomic mass is 32.2. The van der Waals surface area contributed by atoms with E-state index in [1.165, 1.54) is 37.8 Å². The molecular formula is C16H27N3S. The van der Waals surface area contributed by atoms with E-state index in [1.54, 1.807) is 0 Å². The molecule has 0 unspecified atom stereocenters. The first-order valence-electron chi connectivity index (χ1n) is 8.04. The molecule has 1 heterocycles. The Morgan fingerprint density at radius 1 is 1.20 bits per heavy atom. The van der Waals surface area contributed by atoms with Crippen molar-refractivity contribution < 1.29 is 0 Å².